The maximum Gasteiger partial charge on any atom is 0.275 e. The number of hydrogen-bond acceptors (Lipinski definition) is 7. The summed E-state index contributed by atoms with van der Waals surface area (Å²) in [4.78, 5) is 0. The predicted octanol–water partition coefficient (Wildman–Crippen LogP) is -0.486. The molecule has 120 valence electrons. The molecule has 2 N–H and O–H groups in total. The van der Waals surface area contributed by atoms with E-state index in [1.807, 2.05) is 6.92 Å². The van der Waals surface area contributed by atoms with Crippen molar-refractivity contribution in [2.24, 2.45) is 0 Å². The molecule has 5 unspecified atom stereocenters. The summed E-state index contributed by atoms with van der Waals surface area (Å²) in [5.74, 6) is 0. The van der Waals surface area contributed by atoms with E-state index in [1.165, 1.54) is 0 Å². The van der Waals surface area contributed by atoms with Gasteiger partial charge in [-0.3, -0.25) is 9.50 Å². The number of ether oxygens (including phenoxy) is 2. The fourth-order valence-corrected chi connectivity index (χ4v) is 5.28. The summed E-state index contributed by atoms with van der Waals surface area (Å²) in [5.41, 5.74) is -0.00359. The van der Waals surface area contributed by atoms with E-state index in [9.17, 15) is 13.5 Å². The fourth-order valence-electron chi connectivity index (χ4n) is 3.40. The normalized spacial score (nSPS) is 44.1. The SMILES string of the molecule is C=C(C)C(O)NCCOC1C2C3OC1(C)C[C@@H]3OS2(=O)=O. The summed E-state index contributed by atoms with van der Waals surface area (Å²) >= 11 is 0. The fraction of sp³-hybridized carbons (Fsp3) is 0.846. The lowest BCUT2D eigenvalue weighted by Crippen LogP contribution is -2.48. The molecule has 6 atom stereocenters. The van der Waals surface area contributed by atoms with Crippen LogP contribution in [0.2, 0.25) is 0 Å². The Kier molecular flexibility index (Phi) is 3.67. The molecule has 3 aliphatic rings. The van der Waals surface area contributed by atoms with Crippen molar-refractivity contribution in [3.63, 3.8) is 0 Å². The number of aliphatic hydroxyl groups excluding tert-OH is 1. The van der Waals surface area contributed by atoms with Crippen molar-refractivity contribution in [1.29, 1.82) is 0 Å². The lowest BCUT2D eigenvalue weighted by molar-refractivity contribution is -0.0636. The number of fused-ring (bicyclic) bond motifs is 1. The van der Waals surface area contributed by atoms with Gasteiger partial charge in [-0.2, -0.15) is 8.42 Å². The van der Waals surface area contributed by atoms with Crippen LogP contribution in [0.3, 0.4) is 0 Å². The first-order valence-corrected chi connectivity index (χ1v) is 8.50. The molecular formula is C13H21NO6S. The molecule has 3 fully saturated rings. The molecule has 0 aliphatic carbocycles. The monoisotopic (exact) mass is 319 g/mol. The second kappa shape index (κ2) is 5.00. The van der Waals surface area contributed by atoms with Gasteiger partial charge in [-0.05, 0) is 19.4 Å². The molecule has 0 amide bonds. The van der Waals surface area contributed by atoms with Crippen LogP contribution in [0.4, 0.5) is 0 Å². The van der Waals surface area contributed by atoms with Crippen LogP contribution in [0.25, 0.3) is 0 Å². The number of rotatable bonds is 6. The van der Waals surface area contributed by atoms with Crippen molar-refractivity contribution in [2.75, 3.05) is 13.2 Å². The van der Waals surface area contributed by atoms with Crippen molar-refractivity contribution >= 4 is 10.1 Å². The highest BCUT2D eigenvalue weighted by Crippen LogP contribution is 2.53. The maximum atomic E-state index is 12.0. The Morgan fingerprint density at radius 1 is 1.62 bits per heavy atom. The lowest BCUT2D eigenvalue weighted by atomic mass is 9.85. The first kappa shape index (κ1) is 15.4. The van der Waals surface area contributed by atoms with E-state index in [0.717, 1.165) is 0 Å². The van der Waals surface area contributed by atoms with Gasteiger partial charge in [-0.15, -0.1) is 0 Å². The minimum absolute atomic E-state index is 0.275. The second-order valence-corrected chi connectivity index (χ2v) is 7.91. The van der Waals surface area contributed by atoms with Gasteiger partial charge in [0.2, 0.25) is 0 Å². The summed E-state index contributed by atoms with van der Waals surface area (Å²) in [6.45, 7) is 7.88. The van der Waals surface area contributed by atoms with E-state index in [0.29, 0.717) is 18.5 Å². The van der Waals surface area contributed by atoms with E-state index >= 15 is 0 Å². The van der Waals surface area contributed by atoms with Crippen molar-refractivity contribution in [3.8, 4) is 0 Å². The molecule has 21 heavy (non-hydrogen) atoms. The molecule has 0 spiro atoms. The molecule has 0 saturated carbocycles. The number of nitrogens with one attached hydrogen (secondary N) is 1. The van der Waals surface area contributed by atoms with Gasteiger partial charge in [0.1, 0.15) is 29.8 Å². The topological polar surface area (TPSA) is 94.1 Å². The van der Waals surface area contributed by atoms with Gasteiger partial charge in [0.15, 0.2) is 0 Å². The van der Waals surface area contributed by atoms with Crippen LogP contribution in [0.15, 0.2) is 12.2 Å². The molecule has 3 rings (SSSR count). The Hall–Kier alpha value is -0.510. The number of aliphatic hydroxyl groups is 1. The van der Waals surface area contributed by atoms with Crippen LogP contribution in [-0.4, -0.2) is 62.1 Å². The molecule has 0 aromatic carbocycles. The van der Waals surface area contributed by atoms with Gasteiger partial charge in [-0.25, -0.2) is 0 Å². The van der Waals surface area contributed by atoms with Crippen LogP contribution in [-0.2, 0) is 23.8 Å². The van der Waals surface area contributed by atoms with Crippen molar-refractivity contribution in [1.82, 2.24) is 5.32 Å². The van der Waals surface area contributed by atoms with E-state index in [-0.39, 0.29) is 12.7 Å². The van der Waals surface area contributed by atoms with Crippen LogP contribution in [0, 0.1) is 0 Å². The molecule has 3 saturated heterocycles. The average molecular weight is 319 g/mol. The quantitative estimate of drug-likeness (QED) is 0.295. The molecular weight excluding hydrogens is 298 g/mol. The Bertz CT molecular complexity index is 545. The lowest BCUT2D eigenvalue weighted by Gasteiger charge is -2.30. The summed E-state index contributed by atoms with van der Waals surface area (Å²) in [6.07, 6.45) is -1.58. The van der Waals surface area contributed by atoms with Crippen molar-refractivity contribution in [3.05, 3.63) is 12.2 Å². The van der Waals surface area contributed by atoms with Gasteiger partial charge in [0.05, 0.1) is 12.2 Å². The highest BCUT2D eigenvalue weighted by molar-refractivity contribution is 7.87. The van der Waals surface area contributed by atoms with Gasteiger partial charge >= 0.3 is 0 Å². The Balaban J connectivity index is 1.60. The van der Waals surface area contributed by atoms with E-state index in [2.05, 4.69) is 11.9 Å². The largest absolute Gasteiger partial charge is 0.375 e. The van der Waals surface area contributed by atoms with Gasteiger partial charge < -0.3 is 14.6 Å². The van der Waals surface area contributed by atoms with Gasteiger partial charge in [0, 0.05) is 13.0 Å². The second-order valence-electron chi connectivity index (χ2n) is 6.19. The Morgan fingerprint density at radius 3 is 3.00 bits per heavy atom. The summed E-state index contributed by atoms with van der Waals surface area (Å²) in [5, 5.41) is 11.6. The maximum absolute atomic E-state index is 12.0. The molecule has 3 heterocycles. The zero-order valence-corrected chi connectivity index (χ0v) is 12.9. The highest BCUT2D eigenvalue weighted by atomic mass is 32.2. The molecule has 7 nitrogen and oxygen atoms in total. The molecule has 0 radical (unpaired) electrons. The van der Waals surface area contributed by atoms with E-state index < -0.39 is 39.4 Å². The third-order valence-electron chi connectivity index (χ3n) is 4.40. The number of hydrogen-bond donors (Lipinski definition) is 2. The Morgan fingerprint density at radius 2 is 2.33 bits per heavy atom. The third-order valence-corrected chi connectivity index (χ3v) is 6.09. The van der Waals surface area contributed by atoms with Crippen LogP contribution < -0.4 is 5.32 Å². The summed E-state index contributed by atoms with van der Waals surface area (Å²) in [7, 11) is -3.62. The first-order chi connectivity index (χ1) is 9.74. The highest BCUT2D eigenvalue weighted by Gasteiger charge is 2.71. The molecule has 0 aromatic heterocycles. The minimum atomic E-state index is -3.62. The van der Waals surface area contributed by atoms with Crippen LogP contribution in [0.5, 0.6) is 0 Å². The molecule has 0 aromatic rings. The smallest absolute Gasteiger partial charge is 0.275 e. The van der Waals surface area contributed by atoms with Crippen molar-refractivity contribution in [2.45, 2.75) is 55.7 Å². The zero-order valence-electron chi connectivity index (χ0n) is 12.1. The summed E-state index contributed by atoms with van der Waals surface area (Å²) in [6, 6.07) is 0. The Labute approximate surface area is 124 Å². The minimum Gasteiger partial charge on any atom is -0.375 e. The van der Waals surface area contributed by atoms with Crippen LogP contribution in [0.1, 0.15) is 20.3 Å². The zero-order chi connectivity index (χ0) is 15.4. The molecule has 3 aliphatic heterocycles. The van der Waals surface area contributed by atoms with E-state index in [4.69, 9.17) is 13.7 Å². The van der Waals surface area contributed by atoms with E-state index in [1.54, 1.807) is 6.92 Å². The standard InChI is InChI=1S/C13H21NO6S/c1-7(2)12(15)14-4-5-18-11-10-9-8(20-21(10,16)17)6-13(11,3)19-9/h8-12,14-15H,1,4-6H2,2-3H3/t8-,9?,10?,11?,12?,13?/m0/s1. The molecule has 8 heteroatoms. The predicted molar refractivity (Wildman–Crippen MR) is 74.0 cm³/mol. The third kappa shape index (κ3) is 2.43. The van der Waals surface area contributed by atoms with Gasteiger partial charge in [-0.1, -0.05) is 6.58 Å². The summed E-state index contributed by atoms with van der Waals surface area (Å²) < 4.78 is 40.7. The van der Waals surface area contributed by atoms with Gasteiger partial charge in [0.25, 0.3) is 10.1 Å². The first-order valence-electron chi connectivity index (χ1n) is 7.03. The average Bonchev–Trinajstić information content (AvgIpc) is 2.88. The van der Waals surface area contributed by atoms with Crippen LogP contribution >= 0.6 is 0 Å². The van der Waals surface area contributed by atoms with Crippen molar-refractivity contribution < 1.29 is 27.2 Å². The molecule has 2 bridgehead atoms.